The zero-order chi connectivity index (χ0) is 14.1. The number of fused-ring (bicyclic) bond motifs is 1. The van der Waals surface area contributed by atoms with E-state index in [2.05, 4.69) is 33.5 Å². The van der Waals surface area contributed by atoms with Crippen LogP contribution in [-0.2, 0) is 0 Å². The monoisotopic (exact) mass is 340 g/mol. The molecule has 20 heavy (non-hydrogen) atoms. The third kappa shape index (κ3) is 2.62. The topological polar surface area (TPSA) is 59.6 Å². The van der Waals surface area contributed by atoms with Gasteiger partial charge in [0.25, 0.3) is 5.91 Å². The molecule has 108 valence electrons. The molecule has 0 aromatic heterocycles. The summed E-state index contributed by atoms with van der Waals surface area (Å²) in [6, 6.07) is 3.96. The van der Waals surface area contributed by atoms with Crippen molar-refractivity contribution in [2.75, 3.05) is 13.3 Å². The highest BCUT2D eigenvalue weighted by atomic mass is 79.9. The van der Waals surface area contributed by atoms with Gasteiger partial charge >= 0.3 is 0 Å². The van der Waals surface area contributed by atoms with E-state index in [4.69, 9.17) is 9.47 Å². The summed E-state index contributed by atoms with van der Waals surface area (Å²) in [5, 5.41) is 6.46. The van der Waals surface area contributed by atoms with Gasteiger partial charge in [-0.3, -0.25) is 4.79 Å². The first-order valence-electron chi connectivity index (χ1n) is 6.78. The fourth-order valence-electron chi connectivity index (χ4n) is 2.59. The predicted molar refractivity (Wildman–Crippen MR) is 78.2 cm³/mol. The van der Waals surface area contributed by atoms with Gasteiger partial charge in [0.2, 0.25) is 6.79 Å². The zero-order valence-electron chi connectivity index (χ0n) is 11.2. The Hall–Kier alpha value is -1.27. The molecule has 2 aliphatic rings. The van der Waals surface area contributed by atoms with E-state index in [0.717, 1.165) is 23.9 Å². The minimum Gasteiger partial charge on any atom is -0.454 e. The van der Waals surface area contributed by atoms with E-state index in [1.54, 1.807) is 12.1 Å². The lowest BCUT2D eigenvalue weighted by Gasteiger charge is -2.30. The molecule has 1 aromatic rings. The number of carbonyl (C=O) groups is 1. The molecule has 1 fully saturated rings. The number of rotatable bonds is 2. The van der Waals surface area contributed by atoms with Gasteiger partial charge < -0.3 is 20.1 Å². The zero-order valence-corrected chi connectivity index (χ0v) is 12.8. The third-order valence-corrected chi connectivity index (χ3v) is 4.36. The molecule has 2 unspecified atom stereocenters. The van der Waals surface area contributed by atoms with Crippen LogP contribution >= 0.6 is 15.9 Å². The average Bonchev–Trinajstić information content (AvgIpc) is 2.90. The molecule has 3 rings (SSSR count). The van der Waals surface area contributed by atoms with Crippen molar-refractivity contribution in [3.05, 3.63) is 22.2 Å². The van der Waals surface area contributed by atoms with Crippen molar-refractivity contribution in [3.63, 3.8) is 0 Å². The van der Waals surface area contributed by atoms with E-state index < -0.39 is 0 Å². The van der Waals surface area contributed by atoms with Crippen molar-refractivity contribution in [1.29, 1.82) is 0 Å². The number of carbonyl (C=O) groups excluding carboxylic acids is 1. The highest BCUT2D eigenvalue weighted by Crippen LogP contribution is 2.39. The standard InChI is InChI=1S/C14H17BrN2O3/c1-8-11(3-2-4-16-8)17-14(18)9-5-10(15)13-12(6-9)19-7-20-13/h5-6,8,11,16H,2-4,7H2,1H3,(H,17,18). The van der Waals surface area contributed by atoms with Gasteiger partial charge in [0.05, 0.1) is 4.47 Å². The fraction of sp³-hybridized carbons (Fsp3) is 0.500. The van der Waals surface area contributed by atoms with Crippen LogP contribution in [0.4, 0.5) is 0 Å². The van der Waals surface area contributed by atoms with Gasteiger partial charge in [-0.2, -0.15) is 0 Å². The predicted octanol–water partition coefficient (Wildman–Crippen LogP) is 2.05. The summed E-state index contributed by atoms with van der Waals surface area (Å²) in [6.07, 6.45) is 2.09. The second kappa shape index (κ2) is 5.61. The second-order valence-corrected chi connectivity index (χ2v) is 6.01. The summed E-state index contributed by atoms with van der Waals surface area (Å²) < 4.78 is 11.4. The largest absolute Gasteiger partial charge is 0.454 e. The first-order valence-corrected chi connectivity index (χ1v) is 7.58. The number of halogens is 1. The highest BCUT2D eigenvalue weighted by molar-refractivity contribution is 9.10. The summed E-state index contributed by atoms with van der Waals surface area (Å²) in [7, 11) is 0. The van der Waals surface area contributed by atoms with Crippen molar-refractivity contribution in [3.8, 4) is 11.5 Å². The molecule has 5 nitrogen and oxygen atoms in total. The van der Waals surface area contributed by atoms with Crippen molar-refractivity contribution in [1.82, 2.24) is 10.6 Å². The molecule has 6 heteroatoms. The van der Waals surface area contributed by atoms with Crippen LogP contribution in [0, 0.1) is 0 Å². The van der Waals surface area contributed by atoms with E-state index in [-0.39, 0.29) is 18.7 Å². The van der Waals surface area contributed by atoms with Crippen molar-refractivity contribution < 1.29 is 14.3 Å². The number of nitrogens with one attached hydrogen (secondary N) is 2. The van der Waals surface area contributed by atoms with Crippen LogP contribution in [0.5, 0.6) is 11.5 Å². The number of hydrogen-bond donors (Lipinski definition) is 2. The van der Waals surface area contributed by atoms with Crippen LogP contribution in [0.15, 0.2) is 16.6 Å². The highest BCUT2D eigenvalue weighted by Gasteiger charge is 2.25. The Kier molecular flexibility index (Phi) is 3.85. The molecule has 1 saturated heterocycles. The molecule has 0 spiro atoms. The van der Waals surface area contributed by atoms with E-state index in [1.165, 1.54) is 0 Å². The maximum atomic E-state index is 12.4. The first kappa shape index (κ1) is 13.7. The molecule has 0 saturated carbocycles. The van der Waals surface area contributed by atoms with E-state index in [9.17, 15) is 4.79 Å². The maximum Gasteiger partial charge on any atom is 0.251 e. The van der Waals surface area contributed by atoms with Crippen molar-refractivity contribution in [2.45, 2.75) is 31.8 Å². The van der Waals surface area contributed by atoms with E-state index in [0.29, 0.717) is 23.1 Å². The van der Waals surface area contributed by atoms with Crippen LogP contribution < -0.4 is 20.1 Å². The van der Waals surface area contributed by atoms with Gasteiger partial charge in [0, 0.05) is 17.6 Å². The summed E-state index contributed by atoms with van der Waals surface area (Å²) in [6.45, 7) is 3.31. The average molecular weight is 341 g/mol. The Bertz CT molecular complexity index is 535. The quantitative estimate of drug-likeness (QED) is 0.864. The lowest BCUT2D eigenvalue weighted by Crippen LogP contribution is -2.51. The Morgan fingerprint density at radius 2 is 2.30 bits per heavy atom. The molecular formula is C14H17BrN2O3. The van der Waals surface area contributed by atoms with Gasteiger partial charge in [-0.1, -0.05) is 0 Å². The molecule has 1 aromatic carbocycles. The number of benzene rings is 1. The van der Waals surface area contributed by atoms with Gasteiger partial charge in [0.15, 0.2) is 11.5 Å². The molecule has 2 atom stereocenters. The Morgan fingerprint density at radius 3 is 3.10 bits per heavy atom. The van der Waals surface area contributed by atoms with E-state index >= 15 is 0 Å². The minimum atomic E-state index is -0.0791. The number of piperidine rings is 1. The number of amides is 1. The smallest absolute Gasteiger partial charge is 0.251 e. The Balaban J connectivity index is 1.75. The van der Waals surface area contributed by atoms with Crippen LogP contribution in [0.3, 0.4) is 0 Å². The summed E-state index contributed by atoms with van der Waals surface area (Å²) in [5.41, 5.74) is 0.582. The fourth-order valence-corrected chi connectivity index (χ4v) is 3.15. The Morgan fingerprint density at radius 1 is 1.45 bits per heavy atom. The van der Waals surface area contributed by atoms with Gasteiger partial charge in [-0.25, -0.2) is 0 Å². The molecule has 0 bridgehead atoms. The first-order chi connectivity index (χ1) is 9.65. The van der Waals surface area contributed by atoms with Crippen LogP contribution in [-0.4, -0.2) is 31.3 Å². The molecule has 0 radical (unpaired) electrons. The molecular weight excluding hydrogens is 324 g/mol. The lowest BCUT2D eigenvalue weighted by atomic mass is 9.99. The summed E-state index contributed by atoms with van der Waals surface area (Å²) in [4.78, 5) is 12.4. The van der Waals surface area contributed by atoms with Crippen LogP contribution in [0.2, 0.25) is 0 Å². The minimum absolute atomic E-state index is 0.0791. The SMILES string of the molecule is CC1NCCCC1NC(=O)c1cc(Br)c2c(c1)OCO2. The third-order valence-electron chi connectivity index (χ3n) is 3.77. The molecule has 2 aliphatic heterocycles. The van der Waals surface area contributed by atoms with Gasteiger partial charge in [0.1, 0.15) is 0 Å². The van der Waals surface area contributed by atoms with Gasteiger partial charge in [-0.15, -0.1) is 0 Å². The molecule has 1 amide bonds. The second-order valence-electron chi connectivity index (χ2n) is 5.16. The van der Waals surface area contributed by atoms with Crippen molar-refractivity contribution >= 4 is 21.8 Å². The molecule has 2 heterocycles. The van der Waals surface area contributed by atoms with Gasteiger partial charge in [-0.05, 0) is 54.4 Å². The number of ether oxygens (including phenoxy) is 2. The van der Waals surface area contributed by atoms with Crippen molar-refractivity contribution in [2.24, 2.45) is 0 Å². The van der Waals surface area contributed by atoms with Crippen LogP contribution in [0.25, 0.3) is 0 Å². The summed E-state index contributed by atoms with van der Waals surface area (Å²) in [5.74, 6) is 1.19. The summed E-state index contributed by atoms with van der Waals surface area (Å²) >= 11 is 3.41. The molecule has 0 aliphatic carbocycles. The molecule has 2 N–H and O–H groups in total. The lowest BCUT2D eigenvalue weighted by molar-refractivity contribution is 0.0919. The normalized spacial score (nSPS) is 24.5. The van der Waals surface area contributed by atoms with E-state index in [1.807, 2.05) is 0 Å². The van der Waals surface area contributed by atoms with Crippen LogP contribution in [0.1, 0.15) is 30.1 Å². The number of hydrogen-bond acceptors (Lipinski definition) is 4. The maximum absolute atomic E-state index is 12.4. The Labute approximate surface area is 126 Å².